The first-order valence-electron chi connectivity index (χ1n) is 9.51. The van der Waals surface area contributed by atoms with Crippen molar-refractivity contribution in [1.29, 1.82) is 0 Å². The van der Waals surface area contributed by atoms with Crippen LogP contribution >= 0.6 is 0 Å². The van der Waals surface area contributed by atoms with Gasteiger partial charge in [-0.3, -0.25) is 4.72 Å². The van der Waals surface area contributed by atoms with Gasteiger partial charge in [0.15, 0.2) is 0 Å². The zero-order chi connectivity index (χ0) is 23.7. The molecule has 2 N–H and O–H groups in total. The number of methoxy groups -OCH3 is 1. The van der Waals surface area contributed by atoms with Crippen LogP contribution in [0, 0.1) is 0 Å². The average Bonchev–Trinajstić information content (AvgIpc) is 2.73. The first-order valence-corrected chi connectivity index (χ1v) is 11.0. The van der Waals surface area contributed by atoms with Crippen molar-refractivity contribution in [2.45, 2.75) is 11.1 Å². The molecule has 1 heterocycles. The minimum absolute atomic E-state index is 0.143. The van der Waals surface area contributed by atoms with E-state index >= 15 is 0 Å². The Morgan fingerprint density at radius 1 is 1.09 bits per heavy atom. The SMILES string of the molecule is COc1ccc(C(=O)O)cc1S(=O)(=O)Nc1cc(C(F)(F)F)ccc1N1CCN(C)CC1. The summed E-state index contributed by atoms with van der Waals surface area (Å²) in [4.78, 5) is 14.6. The number of nitrogens with zero attached hydrogens (tertiary/aromatic N) is 2. The molecule has 1 saturated heterocycles. The van der Waals surface area contributed by atoms with Crippen molar-refractivity contribution < 1.29 is 36.2 Å². The Kier molecular flexibility index (Phi) is 6.56. The van der Waals surface area contributed by atoms with E-state index in [1.807, 2.05) is 11.9 Å². The highest BCUT2D eigenvalue weighted by Crippen LogP contribution is 2.37. The van der Waals surface area contributed by atoms with E-state index < -0.39 is 32.6 Å². The summed E-state index contributed by atoms with van der Waals surface area (Å²) in [5, 5.41) is 9.20. The molecule has 2 aromatic carbocycles. The number of benzene rings is 2. The van der Waals surface area contributed by atoms with Crippen LogP contribution in [0.1, 0.15) is 15.9 Å². The molecular weight excluding hydrogens is 451 g/mol. The number of likely N-dealkylation sites (N-methyl/N-ethyl adjacent to an activating group) is 1. The second-order valence-corrected chi connectivity index (χ2v) is 8.95. The molecule has 0 atom stereocenters. The number of carboxylic acid groups (broad SMARTS) is 1. The van der Waals surface area contributed by atoms with E-state index in [9.17, 15) is 31.5 Å². The lowest BCUT2D eigenvalue weighted by Gasteiger charge is -2.35. The second-order valence-electron chi connectivity index (χ2n) is 7.30. The number of piperazine rings is 1. The molecule has 0 radical (unpaired) electrons. The Balaban J connectivity index is 2.08. The summed E-state index contributed by atoms with van der Waals surface area (Å²) in [6.45, 7) is 2.30. The fraction of sp³-hybridized carbons (Fsp3) is 0.350. The van der Waals surface area contributed by atoms with Gasteiger partial charge in [-0.2, -0.15) is 13.2 Å². The summed E-state index contributed by atoms with van der Waals surface area (Å²) in [6.07, 6.45) is -4.68. The van der Waals surface area contributed by atoms with E-state index in [4.69, 9.17) is 4.74 Å². The molecule has 2 aromatic rings. The third-order valence-corrected chi connectivity index (χ3v) is 6.50. The van der Waals surface area contributed by atoms with Gasteiger partial charge in [-0.15, -0.1) is 0 Å². The van der Waals surface area contributed by atoms with Gasteiger partial charge in [0.1, 0.15) is 10.6 Å². The lowest BCUT2D eigenvalue weighted by atomic mass is 10.1. The molecule has 1 aliphatic rings. The third-order valence-electron chi connectivity index (χ3n) is 5.11. The zero-order valence-corrected chi connectivity index (χ0v) is 18.1. The summed E-state index contributed by atoms with van der Waals surface area (Å²) >= 11 is 0. The number of anilines is 2. The highest BCUT2D eigenvalue weighted by atomic mass is 32.2. The maximum absolute atomic E-state index is 13.3. The topological polar surface area (TPSA) is 99.2 Å². The number of aromatic carboxylic acids is 1. The smallest absolute Gasteiger partial charge is 0.416 e. The highest BCUT2D eigenvalue weighted by Gasteiger charge is 2.33. The van der Waals surface area contributed by atoms with E-state index in [1.165, 1.54) is 25.3 Å². The fourth-order valence-corrected chi connectivity index (χ4v) is 4.60. The molecule has 0 amide bonds. The maximum atomic E-state index is 13.3. The summed E-state index contributed by atoms with van der Waals surface area (Å²) in [7, 11) is -1.37. The van der Waals surface area contributed by atoms with Crippen molar-refractivity contribution in [3.63, 3.8) is 0 Å². The number of sulfonamides is 1. The molecule has 32 heavy (non-hydrogen) atoms. The Bertz CT molecular complexity index is 1110. The molecule has 0 aliphatic carbocycles. The van der Waals surface area contributed by atoms with Crippen molar-refractivity contribution in [3.8, 4) is 5.75 Å². The fourth-order valence-electron chi connectivity index (χ4n) is 3.34. The van der Waals surface area contributed by atoms with Gasteiger partial charge in [0.2, 0.25) is 0 Å². The predicted molar refractivity (Wildman–Crippen MR) is 112 cm³/mol. The lowest BCUT2D eigenvalue weighted by molar-refractivity contribution is -0.137. The molecule has 0 unspecified atom stereocenters. The predicted octanol–water partition coefficient (Wildman–Crippen LogP) is 2.96. The van der Waals surface area contributed by atoms with Crippen LogP contribution in [0.5, 0.6) is 5.75 Å². The van der Waals surface area contributed by atoms with E-state index in [0.717, 1.165) is 18.2 Å². The second kappa shape index (κ2) is 8.87. The molecular formula is C20H22F3N3O5S. The number of rotatable bonds is 6. The van der Waals surface area contributed by atoms with Crippen molar-refractivity contribution in [3.05, 3.63) is 47.5 Å². The third kappa shape index (κ3) is 5.07. The van der Waals surface area contributed by atoms with Gasteiger partial charge in [-0.1, -0.05) is 0 Å². The standard InChI is InChI=1S/C20H22F3N3O5S/c1-25-7-9-26(10-8-25)16-5-4-14(20(21,22)23)12-15(16)24-32(29,30)18-11-13(19(27)28)3-6-17(18)31-2/h3-6,11-12,24H,7-10H2,1-2H3,(H,27,28). The van der Waals surface area contributed by atoms with Crippen molar-refractivity contribution >= 4 is 27.4 Å². The van der Waals surface area contributed by atoms with Gasteiger partial charge in [-0.05, 0) is 43.4 Å². The number of nitrogens with one attached hydrogen (secondary N) is 1. The molecule has 1 aliphatic heterocycles. The number of carboxylic acids is 1. The minimum atomic E-state index is -4.68. The van der Waals surface area contributed by atoms with Crippen LogP contribution in [0.3, 0.4) is 0 Å². The molecule has 12 heteroatoms. The molecule has 0 aromatic heterocycles. The Morgan fingerprint density at radius 2 is 1.75 bits per heavy atom. The number of halogens is 3. The van der Waals surface area contributed by atoms with E-state index in [2.05, 4.69) is 4.72 Å². The number of ether oxygens (including phenoxy) is 1. The highest BCUT2D eigenvalue weighted by molar-refractivity contribution is 7.92. The first kappa shape index (κ1) is 23.7. The quantitative estimate of drug-likeness (QED) is 0.666. The molecule has 0 spiro atoms. The zero-order valence-electron chi connectivity index (χ0n) is 17.3. The molecule has 3 rings (SSSR count). The average molecular weight is 473 g/mol. The van der Waals surface area contributed by atoms with Crippen LogP contribution in [0.25, 0.3) is 0 Å². The van der Waals surface area contributed by atoms with E-state index in [0.29, 0.717) is 31.9 Å². The summed E-state index contributed by atoms with van der Waals surface area (Å²) < 4.78 is 73.4. The van der Waals surface area contributed by atoms with Crippen LogP contribution in [-0.2, 0) is 16.2 Å². The molecule has 0 saturated carbocycles. The summed E-state index contributed by atoms with van der Waals surface area (Å²) in [6, 6.07) is 6.10. The number of alkyl halides is 3. The van der Waals surface area contributed by atoms with Gasteiger partial charge in [0.05, 0.1) is 29.6 Å². The molecule has 8 nitrogen and oxygen atoms in total. The van der Waals surface area contributed by atoms with Gasteiger partial charge >= 0.3 is 12.1 Å². The molecule has 0 bridgehead atoms. The molecule has 174 valence electrons. The lowest BCUT2D eigenvalue weighted by Crippen LogP contribution is -2.44. The Hall–Kier alpha value is -2.99. The minimum Gasteiger partial charge on any atom is -0.495 e. The summed E-state index contributed by atoms with van der Waals surface area (Å²) in [5.41, 5.74) is -1.29. The maximum Gasteiger partial charge on any atom is 0.416 e. The molecule has 1 fully saturated rings. The Labute approximate surface area is 183 Å². The largest absolute Gasteiger partial charge is 0.495 e. The van der Waals surface area contributed by atoms with Gasteiger partial charge in [0.25, 0.3) is 10.0 Å². The normalized spacial score (nSPS) is 15.5. The van der Waals surface area contributed by atoms with Crippen molar-refractivity contribution in [1.82, 2.24) is 4.90 Å². The summed E-state index contributed by atoms with van der Waals surface area (Å²) in [5.74, 6) is -1.50. The monoisotopic (exact) mass is 473 g/mol. The van der Waals surface area contributed by atoms with Gasteiger partial charge < -0.3 is 19.6 Å². The van der Waals surface area contributed by atoms with E-state index in [-0.39, 0.29) is 17.0 Å². The van der Waals surface area contributed by atoms with Crippen LogP contribution in [0.2, 0.25) is 0 Å². The van der Waals surface area contributed by atoms with Crippen molar-refractivity contribution in [2.24, 2.45) is 0 Å². The number of hydrogen-bond donors (Lipinski definition) is 2. The first-order chi connectivity index (χ1) is 14.9. The van der Waals surface area contributed by atoms with Crippen LogP contribution in [0.4, 0.5) is 24.5 Å². The van der Waals surface area contributed by atoms with Crippen LogP contribution < -0.4 is 14.4 Å². The van der Waals surface area contributed by atoms with Gasteiger partial charge in [0, 0.05) is 26.2 Å². The van der Waals surface area contributed by atoms with E-state index in [1.54, 1.807) is 4.90 Å². The van der Waals surface area contributed by atoms with Crippen molar-refractivity contribution in [2.75, 3.05) is 50.0 Å². The Morgan fingerprint density at radius 3 is 2.31 bits per heavy atom. The number of carbonyl (C=O) groups is 1. The van der Waals surface area contributed by atoms with Crippen LogP contribution in [0.15, 0.2) is 41.3 Å². The van der Waals surface area contributed by atoms with Gasteiger partial charge in [-0.25, -0.2) is 13.2 Å². The number of hydrogen-bond acceptors (Lipinski definition) is 6. The van der Waals surface area contributed by atoms with Crippen LogP contribution in [-0.4, -0.2) is 64.7 Å².